The molecule has 1 saturated carbocycles. The molecule has 0 aliphatic heterocycles. The molecule has 0 spiro atoms. The first-order chi connectivity index (χ1) is 5.57. The van der Waals surface area contributed by atoms with E-state index in [2.05, 4.69) is 0 Å². The van der Waals surface area contributed by atoms with Crippen molar-refractivity contribution >= 4 is 0 Å². The summed E-state index contributed by atoms with van der Waals surface area (Å²) in [5, 5.41) is 9.38. The number of hydrogen-bond donors (Lipinski definition) is 3. The molecule has 0 amide bonds. The van der Waals surface area contributed by atoms with E-state index in [1.54, 1.807) is 0 Å². The van der Waals surface area contributed by atoms with Crippen molar-refractivity contribution in [3.8, 4) is 0 Å². The van der Waals surface area contributed by atoms with E-state index >= 15 is 0 Å². The van der Waals surface area contributed by atoms with Gasteiger partial charge in [-0.3, -0.25) is 0 Å². The maximum atomic E-state index is 13.1. The Labute approximate surface area is 70.7 Å². The van der Waals surface area contributed by atoms with Crippen molar-refractivity contribution in [3.63, 3.8) is 0 Å². The average molecular weight is 178 g/mol. The molecule has 4 nitrogen and oxygen atoms in total. The molecule has 0 heterocycles. The van der Waals surface area contributed by atoms with E-state index in [1.807, 2.05) is 0 Å². The summed E-state index contributed by atoms with van der Waals surface area (Å²) in [5.41, 5.74) is 10.9. The Morgan fingerprint density at radius 3 is 2.58 bits per heavy atom. The van der Waals surface area contributed by atoms with Crippen LogP contribution in [-0.2, 0) is 4.74 Å². The van der Waals surface area contributed by atoms with Gasteiger partial charge in [0.2, 0.25) is 0 Å². The molecule has 1 aliphatic rings. The number of aliphatic hydroxyl groups excluding tert-OH is 1. The molecule has 5 heteroatoms. The number of nitrogens with two attached hydrogens (primary N) is 2. The predicted octanol–water partition coefficient (Wildman–Crippen LogP) is -1.24. The lowest BCUT2D eigenvalue weighted by molar-refractivity contribution is -0.0741. The highest BCUT2D eigenvalue weighted by Gasteiger charge is 2.41. The van der Waals surface area contributed by atoms with E-state index < -0.39 is 30.5 Å². The van der Waals surface area contributed by atoms with Crippen molar-refractivity contribution in [2.24, 2.45) is 11.5 Å². The van der Waals surface area contributed by atoms with Gasteiger partial charge in [0.05, 0.1) is 12.1 Å². The second kappa shape index (κ2) is 3.66. The van der Waals surface area contributed by atoms with Gasteiger partial charge in [-0.25, -0.2) is 4.39 Å². The molecule has 0 bridgehead atoms. The van der Waals surface area contributed by atoms with Crippen molar-refractivity contribution < 1.29 is 14.2 Å². The maximum Gasteiger partial charge on any atom is 0.133 e. The van der Waals surface area contributed by atoms with E-state index in [-0.39, 0.29) is 6.42 Å². The van der Waals surface area contributed by atoms with Crippen molar-refractivity contribution in [2.45, 2.75) is 36.9 Å². The van der Waals surface area contributed by atoms with Crippen molar-refractivity contribution in [2.75, 3.05) is 7.11 Å². The van der Waals surface area contributed by atoms with Crippen LogP contribution in [-0.4, -0.2) is 42.7 Å². The van der Waals surface area contributed by atoms with Gasteiger partial charge in [-0.05, 0) is 6.42 Å². The van der Waals surface area contributed by atoms with Crippen LogP contribution in [0.25, 0.3) is 0 Å². The number of hydrogen-bond acceptors (Lipinski definition) is 4. The molecule has 0 unspecified atom stereocenters. The Bertz CT molecular complexity index is 158. The van der Waals surface area contributed by atoms with Crippen LogP contribution in [0.2, 0.25) is 0 Å². The highest BCUT2D eigenvalue weighted by Crippen LogP contribution is 2.22. The topological polar surface area (TPSA) is 81.5 Å². The summed E-state index contributed by atoms with van der Waals surface area (Å²) in [7, 11) is 1.40. The van der Waals surface area contributed by atoms with Crippen LogP contribution in [0.3, 0.4) is 0 Å². The summed E-state index contributed by atoms with van der Waals surface area (Å²) in [6.45, 7) is 0. The van der Waals surface area contributed by atoms with E-state index in [1.165, 1.54) is 7.11 Å². The van der Waals surface area contributed by atoms with Crippen molar-refractivity contribution in [1.29, 1.82) is 0 Å². The first kappa shape index (κ1) is 9.85. The van der Waals surface area contributed by atoms with Crippen LogP contribution in [0, 0.1) is 0 Å². The summed E-state index contributed by atoms with van der Waals surface area (Å²) in [6, 6.07) is -1.50. The molecule has 1 rings (SSSR count). The number of methoxy groups -OCH3 is 1. The van der Waals surface area contributed by atoms with Gasteiger partial charge < -0.3 is 21.3 Å². The lowest BCUT2D eigenvalue weighted by Crippen LogP contribution is -2.61. The molecule has 0 aromatic carbocycles. The molecular weight excluding hydrogens is 163 g/mol. The standard InChI is InChI=1S/C7H15FN2O2/c1-12-7-4(11)2-3(9)5(8)6(7)10/h3-7,11H,2,9-10H2,1H3/t3-,4+,5-,6-,7-/m0/s1. The lowest BCUT2D eigenvalue weighted by atomic mass is 9.85. The smallest absolute Gasteiger partial charge is 0.133 e. The monoisotopic (exact) mass is 178 g/mol. The van der Waals surface area contributed by atoms with Gasteiger partial charge in [-0.15, -0.1) is 0 Å². The molecule has 0 aromatic heterocycles. The largest absolute Gasteiger partial charge is 0.390 e. The van der Waals surface area contributed by atoms with Gasteiger partial charge in [0.25, 0.3) is 0 Å². The fourth-order valence-corrected chi connectivity index (χ4v) is 1.58. The zero-order valence-corrected chi connectivity index (χ0v) is 6.98. The van der Waals surface area contributed by atoms with E-state index in [0.717, 1.165) is 0 Å². The van der Waals surface area contributed by atoms with Gasteiger partial charge >= 0.3 is 0 Å². The molecule has 0 aromatic rings. The van der Waals surface area contributed by atoms with E-state index in [4.69, 9.17) is 16.2 Å². The minimum Gasteiger partial charge on any atom is -0.390 e. The van der Waals surface area contributed by atoms with Crippen LogP contribution in [0.15, 0.2) is 0 Å². The van der Waals surface area contributed by atoms with Gasteiger partial charge in [-0.2, -0.15) is 0 Å². The summed E-state index contributed by atoms with van der Waals surface area (Å²) >= 11 is 0. The Kier molecular flexibility index (Phi) is 3.00. The van der Waals surface area contributed by atoms with Gasteiger partial charge in [0.1, 0.15) is 12.3 Å². The zero-order valence-electron chi connectivity index (χ0n) is 6.98. The Balaban J connectivity index is 2.65. The molecule has 0 saturated heterocycles. The normalized spacial score (nSPS) is 49.2. The third-order valence-corrected chi connectivity index (χ3v) is 2.32. The SMILES string of the molecule is CO[C@@H]1[C@@H](N)[C@@H](F)[C@@H](N)C[C@H]1O. The quantitative estimate of drug-likeness (QED) is 0.469. The fourth-order valence-electron chi connectivity index (χ4n) is 1.58. The molecule has 0 radical (unpaired) electrons. The maximum absolute atomic E-state index is 13.1. The third-order valence-electron chi connectivity index (χ3n) is 2.32. The number of rotatable bonds is 1. The number of halogens is 1. The Morgan fingerprint density at radius 1 is 1.50 bits per heavy atom. The van der Waals surface area contributed by atoms with Gasteiger partial charge in [0, 0.05) is 13.2 Å². The first-order valence-corrected chi connectivity index (χ1v) is 3.94. The molecule has 5 atom stereocenters. The van der Waals surface area contributed by atoms with Crippen LogP contribution in [0.4, 0.5) is 4.39 Å². The zero-order chi connectivity index (χ0) is 9.30. The average Bonchev–Trinajstić information content (AvgIpc) is 2.01. The van der Waals surface area contributed by atoms with Crippen LogP contribution < -0.4 is 11.5 Å². The number of ether oxygens (including phenoxy) is 1. The molecule has 1 aliphatic carbocycles. The van der Waals surface area contributed by atoms with Crippen molar-refractivity contribution in [3.05, 3.63) is 0 Å². The van der Waals surface area contributed by atoms with Crippen molar-refractivity contribution in [1.82, 2.24) is 0 Å². The van der Waals surface area contributed by atoms with Crippen LogP contribution in [0.1, 0.15) is 6.42 Å². The highest BCUT2D eigenvalue weighted by molar-refractivity contribution is 4.97. The lowest BCUT2D eigenvalue weighted by Gasteiger charge is -2.37. The molecule has 72 valence electrons. The first-order valence-electron chi connectivity index (χ1n) is 3.94. The third kappa shape index (κ3) is 1.59. The van der Waals surface area contributed by atoms with Crippen LogP contribution in [0.5, 0.6) is 0 Å². The van der Waals surface area contributed by atoms with E-state index in [0.29, 0.717) is 0 Å². The minimum atomic E-state index is -1.29. The second-order valence-corrected chi connectivity index (χ2v) is 3.19. The molecule has 1 fully saturated rings. The van der Waals surface area contributed by atoms with Gasteiger partial charge in [0.15, 0.2) is 0 Å². The summed E-state index contributed by atoms with van der Waals surface area (Å²) < 4.78 is 18.0. The predicted molar refractivity (Wildman–Crippen MR) is 42.3 cm³/mol. The van der Waals surface area contributed by atoms with Crippen LogP contribution >= 0.6 is 0 Å². The molecular formula is C7H15FN2O2. The van der Waals surface area contributed by atoms with E-state index in [9.17, 15) is 9.50 Å². The highest BCUT2D eigenvalue weighted by atomic mass is 19.1. The van der Waals surface area contributed by atoms with Gasteiger partial charge in [-0.1, -0.05) is 0 Å². The summed E-state index contributed by atoms with van der Waals surface area (Å²) in [5.74, 6) is 0. The second-order valence-electron chi connectivity index (χ2n) is 3.19. The molecule has 5 N–H and O–H groups in total. The minimum absolute atomic E-state index is 0.202. The fraction of sp³-hybridized carbons (Fsp3) is 1.00. The number of alkyl halides is 1. The summed E-state index contributed by atoms with van der Waals surface area (Å²) in [4.78, 5) is 0. The summed E-state index contributed by atoms with van der Waals surface area (Å²) in [6.07, 6.45) is -2.49. The number of aliphatic hydroxyl groups is 1. The Hall–Kier alpha value is -0.230. The molecule has 12 heavy (non-hydrogen) atoms. The Morgan fingerprint density at radius 2 is 2.08 bits per heavy atom.